The predicted molar refractivity (Wildman–Crippen MR) is 81.3 cm³/mol. The molecule has 1 aliphatic heterocycles. The molecule has 6 nitrogen and oxygen atoms in total. The van der Waals surface area contributed by atoms with Gasteiger partial charge in [-0.1, -0.05) is 6.92 Å². The molecule has 2 aromatic heterocycles. The van der Waals surface area contributed by atoms with Crippen LogP contribution in [0.25, 0.3) is 6.08 Å². The van der Waals surface area contributed by atoms with Crippen LogP contribution >= 0.6 is 0 Å². The summed E-state index contributed by atoms with van der Waals surface area (Å²) in [4.78, 5) is 8.78. The summed E-state index contributed by atoms with van der Waals surface area (Å²) in [5.41, 5.74) is 4.47. The SMILES string of the molecule is CCC1=NC(N/N=C/c2ccco2)=N/C1=C\c1ccco1. The molecule has 1 N–H and O–H groups in total. The lowest BCUT2D eigenvalue weighted by atomic mass is 10.2. The molecule has 0 fully saturated rings. The fourth-order valence-electron chi connectivity index (χ4n) is 1.84. The monoisotopic (exact) mass is 282 g/mol. The van der Waals surface area contributed by atoms with Gasteiger partial charge < -0.3 is 8.83 Å². The maximum absolute atomic E-state index is 5.29. The van der Waals surface area contributed by atoms with Gasteiger partial charge in [-0.05, 0) is 30.7 Å². The van der Waals surface area contributed by atoms with Crippen LogP contribution in [0.15, 0.2) is 66.4 Å². The first-order chi connectivity index (χ1) is 10.3. The molecule has 0 saturated heterocycles. The Kier molecular flexibility index (Phi) is 3.77. The molecule has 3 heterocycles. The molecule has 0 amide bonds. The van der Waals surface area contributed by atoms with Crippen LogP contribution in [0.5, 0.6) is 0 Å². The second-order valence-corrected chi connectivity index (χ2v) is 4.28. The fraction of sp³-hybridized carbons (Fsp3) is 0.133. The van der Waals surface area contributed by atoms with Crippen LogP contribution in [-0.4, -0.2) is 17.9 Å². The zero-order chi connectivity index (χ0) is 14.5. The van der Waals surface area contributed by atoms with Gasteiger partial charge >= 0.3 is 0 Å². The first kappa shape index (κ1) is 13.1. The number of rotatable bonds is 4. The van der Waals surface area contributed by atoms with Crippen molar-refractivity contribution in [2.24, 2.45) is 15.1 Å². The average molecular weight is 282 g/mol. The van der Waals surface area contributed by atoms with E-state index in [1.54, 1.807) is 24.8 Å². The van der Waals surface area contributed by atoms with Gasteiger partial charge in [-0.2, -0.15) is 5.10 Å². The highest BCUT2D eigenvalue weighted by atomic mass is 16.3. The van der Waals surface area contributed by atoms with Crippen LogP contribution in [0.4, 0.5) is 0 Å². The Morgan fingerprint density at radius 2 is 1.90 bits per heavy atom. The molecule has 3 rings (SSSR count). The Bertz CT molecular complexity index is 707. The largest absolute Gasteiger partial charge is 0.465 e. The first-order valence-electron chi connectivity index (χ1n) is 6.59. The van der Waals surface area contributed by atoms with Gasteiger partial charge in [-0.3, -0.25) is 0 Å². The number of aliphatic imine (C=N–C) groups is 2. The highest BCUT2D eigenvalue weighted by molar-refractivity contribution is 6.14. The lowest BCUT2D eigenvalue weighted by molar-refractivity contribution is 0.556. The lowest BCUT2D eigenvalue weighted by Crippen LogP contribution is -2.13. The summed E-state index contributed by atoms with van der Waals surface area (Å²) in [6, 6.07) is 7.31. The third-order valence-corrected chi connectivity index (χ3v) is 2.82. The van der Waals surface area contributed by atoms with E-state index in [4.69, 9.17) is 8.83 Å². The van der Waals surface area contributed by atoms with Crippen LogP contribution in [0, 0.1) is 0 Å². The lowest BCUT2D eigenvalue weighted by Gasteiger charge is -1.94. The summed E-state index contributed by atoms with van der Waals surface area (Å²) in [6.45, 7) is 2.03. The number of hydrogen-bond acceptors (Lipinski definition) is 6. The van der Waals surface area contributed by atoms with Gasteiger partial charge in [0.05, 0.1) is 30.1 Å². The maximum Gasteiger partial charge on any atom is 0.244 e. The summed E-state index contributed by atoms with van der Waals surface area (Å²) < 4.78 is 10.4. The Morgan fingerprint density at radius 1 is 1.14 bits per heavy atom. The van der Waals surface area contributed by atoms with Crippen molar-refractivity contribution in [2.75, 3.05) is 0 Å². The first-order valence-corrected chi connectivity index (χ1v) is 6.59. The number of guanidine groups is 1. The fourth-order valence-corrected chi connectivity index (χ4v) is 1.84. The molecule has 0 aliphatic carbocycles. The van der Waals surface area contributed by atoms with Crippen LogP contribution in [-0.2, 0) is 0 Å². The number of hydrazone groups is 1. The molecule has 2 aromatic rings. The number of allylic oxidation sites excluding steroid dienone is 1. The molecule has 0 spiro atoms. The van der Waals surface area contributed by atoms with E-state index in [0.29, 0.717) is 11.7 Å². The summed E-state index contributed by atoms with van der Waals surface area (Å²) in [5, 5.41) is 4.04. The van der Waals surface area contributed by atoms with E-state index in [0.717, 1.165) is 23.6 Å². The van der Waals surface area contributed by atoms with E-state index < -0.39 is 0 Å². The molecule has 0 bridgehead atoms. The quantitative estimate of drug-likeness (QED) is 0.691. The van der Waals surface area contributed by atoms with Crippen molar-refractivity contribution in [1.29, 1.82) is 0 Å². The topological polar surface area (TPSA) is 75.4 Å². The van der Waals surface area contributed by atoms with E-state index in [9.17, 15) is 0 Å². The minimum absolute atomic E-state index is 0.451. The second kappa shape index (κ2) is 6.04. The minimum atomic E-state index is 0.451. The Balaban J connectivity index is 1.73. The highest BCUT2D eigenvalue weighted by Crippen LogP contribution is 2.16. The van der Waals surface area contributed by atoms with Gasteiger partial charge in [-0.15, -0.1) is 0 Å². The van der Waals surface area contributed by atoms with E-state index >= 15 is 0 Å². The molecule has 0 aromatic carbocycles. The molecule has 6 heteroatoms. The minimum Gasteiger partial charge on any atom is -0.465 e. The van der Waals surface area contributed by atoms with E-state index in [-0.39, 0.29) is 0 Å². The Hall–Kier alpha value is -2.89. The smallest absolute Gasteiger partial charge is 0.244 e. The standard InChI is InChI=1S/C15H14N4O2/c1-2-13-14(9-11-5-3-7-20-11)18-15(17-13)19-16-10-12-6-4-8-21-12/h3-10H,2H2,1H3,(H,18,19)/b14-9-,16-10+. The average Bonchev–Trinajstić information content (AvgIpc) is 3.21. The van der Waals surface area contributed by atoms with Gasteiger partial charge in [0, 0.05) is 6.08 Å². The number of nitrogens with zero attached hydrogens (tertiary/aromatic N) is 3. The van der Waals surface area contributed by atoms with Crippen LogP contribution in [0.1, 0.15) is 24.9 Å². The van der Waals surface area contributed by atoms with Crippen LogP contribution < -0.4 is 5.43 Å². The normalized spacial score (nSPS) is 16.5. The zero-order valence-corrected chi connectivity index (χ0v) is 11.5. The van der Waals surface area contributed by atoms with Crippen molar-refractivity contribution in [3.05, 3.63) is 54.0 Å². The van der Waals surface area contributed by atoms with Gasteiger partial charge in [0.1, 0.15) is 11.5 Å². The number of furan rings is 2. The predicted octanol–water partition coefficient (Wildman–Crippen LogP) is 3.06. The van der Waals surface area contributed by atoms with Gasteiger partial charge in [0.2, 0.25) is 5.96 Å². The molecule has 1 aliphatic rings. The van der Waals surface area contributed by atoms with Gasteiger partial charge in [0.25, 0.3) is 0 Å². The summed E-state index contributed by atoms with van der Waals surface area (Å²) >= 11 is 0. The summed E-state index contributed by atoms with van der Waals surface area (Å²) in [6.07, 6.45) is 7.42. The maximum atomic E-state index is 5.29. The Morgan fingerprint density at radius 3 is 2.57 bits per heavy atom. The van der Waals surface area contributed by atoms with E-state index in [1.807, 2.05) is 31.2 Å². The molecule has 0 unspecified atom stereocenters. The molecule has 21 heavy (non-hydrogen) atoms. The van der Waals surface area contributed by atoms with Crippen LogP contribution in [0.2, 0.25) is 0 Å². The van der Waals surface area contributed by atoms with E-state index in [2.05, 4.69) is 20.5 Å². The number of nitrogens with one attached hydrogen (secondary N) is 1. The molecule has 0 atom stereocenters. The second-order valence-electron chi connectivity index (χ2n) is 4.28. The zero-order valence-electron chi connectivity index (χ0n) is 11.5. The van der Waals surface area contributed by atoms with E-state index in [1.165, 1.54) is 0 Å². The van der Waals surface area contributed by atoms with Crippen molar-refractivity contribution in [1.82, 2.24) is 5.43 Å². The molecule has 0 saturated carbocycles. The van der Waals surface area contributed by atoms with Gasteiger partial charge in [-0.25, -0.2) is 15.4 Å². The van der Waals surface area contributed by atoms with Crippen LogP contribution in [0.3, 0.4) is 0 Å². The molecular formula is C15H14N4O2. The molecular weight excluding hydrogens is 268 g/mol. The van der Waals surface area contributed by atoms with Crippen molar-refractivity contribution in [2.45, 2.75) is 13.3 Å². The number of hydrogen-bond donors (Lipinski definition) is 1. The molecule has 0 radical (unpaired) electrons. The van der Waals surface area contributed by atoms with Crippen molar-refractivity contribution < 1.29 is 8.83 Å². The highest BCUT2D eigenvalue weighted by Gasteiger charge is 2.14. The Labute approximate surface area is 121 Å². The van der Waals surface area contributed by atoms with Crippen molar-refractivity contribution in [3.8, 4) is 0 Å². The summed E-state index contributed by atoms with van der Waals surface area (Å²) in [5.74, 6) is 1.86. The molecule has 106 valence electrons. The third kappa shape index (κ3) is 3.17. The summed E-state index contributed by atoms with van der Waals surface area (Å²) in [7, 11) is 0. The van der Waals surface area contributed by atoms with Crippen molar-refractivity contribution >= 4 is 24.0 Å². The van der Waals surface area contributed by atoms with Gasteiger partial charge in [0.15, 0.2) is 0 Å². The third-order valence-electron chi connectivity index (χ3n) is 2.82. The van der Waals surface area contributed by atoms with Crippen molar-refractivity contribution in [3.63, 3.8) is 0 Å².